The summed E-state index contributed by atoms with van der Waals surface area (Å²) in [5, 5.41) is 9.49. The predicted octanol–water partition coefficient (Wildman–Crippen LogP) is 6.10. The predicted molar refractivity (Wildman–Crippen MR) is 109 cm³/mol. The summed E-state index contributed by atoms with van der Waals surface area (Å²) in [6.45, 7) is 1.99. The van der Waals surface area contributed by atoms with Crippen molar-refractivity contribution in [3.63, 3.8) is 0 Å². The Morgan fingerprint density at radius 1 is 1.15 bits per heavy atom. The van der Waals surface area contributed by atoms with Crippen LogP contribution in [0.25, 0.3) is 0 Å². The lowest BCUT2D eigenvalue weighted by Crippen LogP contribution is -2.13. The van der Waals surface area contributed by atoms with Crippen LogP contribution in [0.1, 0.15) is 18.6 Å². The lowest BCUT2D eigenvalue weighted by molar-refractivity contribution is -0.149. The Morgan fingerprint density at radius 2 is 1.85 bits per heavy atom. The van der Waals surface area contributed by atoms with Gasteiger partial charge in [0.2, 0.25) is 6.10 Å². The summed E-state index contributed by atoms with van der Waals surface area (Å²) in [7, 11) is 0. The van der Waals surface area contributed by atoms with Crippen LogP contribution < -0.4 is 4.74 Å². The number of ether oxygens (including phenoxy) is 2. The highest BCUT2D eigenvalue weighted by Gasteiger charge is 2.52. The molecule has 1 aliphatic carbocycles. The average molecular weight is 491 g/mol. The molecule has 4 unspecified atom stereocenters. The smallest absolute Gasteiger partial charge is 0.311 e. The van der Waals surface area contributed by atoms with Crippen LogP contribution in [0.4, 0.5) is 0 Å². The Labute approximate surface area is 175 Å². The average Bonchev–Trinajstić information content (AvgIpc) is 3.28. The maximum absolute atomic E-state index is 12.5. The van der Waals surface area contributed by atoms with Gasteiger partial charge in [0.1, 0.15) is 17.6 Å². The van der Waals surface area contributed by atoms with Crippen LogP contribution in [0.5, 0.6) is 11.5 Å². The van der Waals surface area contributed by atoms with E-state index in [0.29, 0.717) is 17.1 Å². The van der Waals surface area contributed by atoms with Crippen molar-refractivity contribution in [2.75, 3.05) is 0 Å². The molecule has 2 aromatic rings. The summed E-state index contributed by atoms with van der Waals surface area (Å²) in [4.78, 5) is 12.5. The SMILES string of the molecule is CC1C(C=C(Br)Br)C1C(=O)OC(C#N)c1cccc(Oc2ccccc2)c1. The maximum atomic E-state index is 12.5. The Kier molecular flexibility index (Phi) is 6.35. The third-order valence-corrected chi connectivity index (χ3v) is 5.06. The molecule has 0 amide bonds. The van der Waals surface area contributed by atoms with Crippen LogP contribution in [0.15, 0.2) is 64.1 Å². The zero-order chi connectivity index (χ0) is 19.4. The second-order valence-electron chi connectivity index (χ2n) is 6.35. The summed E-state index contributed by atoms with van der Waals surface area (Å²) in [6.07, 6.45) is 0.966. The van der Waals surface area contributed by atoms with Crippen LogP contribution in [-0.4, -0.2) is 5.97 Å². The summed E-state index contributed by atoms with van der Waals surface area (Å²) >= 11 is 6.63. The fourth-order valence-electron chi connectivity index (χ4n) is 3.00. The number of benzene rings is 2. The Morgan fingerprint density at radius 3 is 2.52 bits per heavy atom. The minimum absolute atomic E-state index is 0.110. The lowest BCUT2D eigenvalue weighted by atomic mass is 10.1. The van der Waals surface area contributed by atoms with Crippen molar-refractivity contribution in [2.24, 2.45) is 17.8 Å². The van der Waals surface area contributed by atoms with E-state index in [9.17, 15) is 10.1 Å². The first kappa shape index (κ1) is 19.7. The number of esters is 1. The summed E-state index contributed by atoms with van der Waals surface area (Å²) < 4.78 is 12.1. The van der Waals surface area contributed by atoms with Crippen LogP contribution in [0, 0.1) is 29.1 Å². The third-order valence-electron chi connectivity index (χ3n) is 4.53. The minimum Gasteiger partial charge on any atom is -0.457 e. The molecule has 1 aliphatic rings. The van der Waals surface area contributed by atoms with E-state index in [2.05, 4.69) is 37.9 Å². The number of rotatable bonds is 6. The highest BCUT2D eigenvalue weighted by molar-refractivity contribution is 9.28. The molecular weight excluding hydrogens is 474 g/mol. The van der Waals surface area contributed by atoms with E-state index in [1.807, 2.05) is 43.3 Å². The van der Waals surface area contributed by atoms with Gasteiger partial charge in [-0.25, -0.2) is 0 Å². The van der Waals surface area contributed by atoms with Gasteiger partial charge in [0, 0.05) is 5.56 Å². The normalized spacial score (nSPS) is 21.5. The summed E-state index contributed by atoms with van der Waals surface area (Å²) in [5.41, 5.74) is 0.585. The van der Waals surface area contributed by atoms with Crippen LogP contribution in [0.2, 0.25) is 0 Å². The van der Waals surface area contributed by atoms with Gasteiger partial charge in [-0.15, -0.1) is 0 Å². The van der Waals surface area contributed by atoms with Crippen molar-refractivity contribution >= 4 is 37.8 Å². The zero-order valence-electron chi connectivity index (χ0n) is 14.5. The topological polar surface area (TPSA) is 59.3 Å². The zero-order valence-corrected chi connectivity index (χ0v) is 17.7. The Hall–Kier alpha value is -2.10. The molecule has 1 fully saturated rings. The molecule has 2 aromatic carbocycles. The van der Waals surface area contributed by atoms with Crippen molar-refractivity contribution in [3.05, 3.63) is 69.6 Å². The molecule has 0 bridgehead atoms. The van der Waals surface area contributed by atoms with Gasteiger partial charge in [-0.2, -0.15) is 5.26 Å². The molecule has 3 rings (SSSR count). The van der Waals surface area contributed by atoms with E-state index < -0.39 is 6.10 Å². The first-order chi connectivity index (χ1) is 13.0. The molecule has 0 aliphatic heterocycles. The van der Waals surface area contributed by atoms with Crippen LogP contribution >= 0.6 is 31.9 Å². The molecule has 0 saturated heterocycles. The van der Waals surface area contributed by atoms with Crippen molar-refractivity contribution < 1.29 is 14.3 Å². The molecule has 138 valence electrons. The second-order valence-corrected chi connectivity index (χ2v) is 9.13. The number of para-hydroxylation sites is 1. The van der Waals surface area contributed by atoms with Crippen LogP contribution in [0.3, 0.4) is 0 Å². The van der Waals surface area contributed by atoms with Gasteiger partial charge in [0.05, 0.1) is 9.31 Å². The highest BCUT2D eigenvalue weighted by Crippen LogP contribution is 2.49. The molecule has 4 atom stereocenters. The number of carbonyl (C=O) groups is 1. The number of hydrogen-bond acceptors (Lipinski definition) is 4. The van der Waals surface area contributed by atoms with Gasteiger partial charge >= 0.3 is 5.97 Å². The van der Waals surface area contributed by atoms with E-state index >= 15 is 0 Å². The van der Waals surface area contributed by atoms with Gasteiger partial charge < -0.3 is 9.47 Å². The number of nitrogens with zero attached hydrogens (tertiary/aromatic N) is 1. The van der Waals surface area contributed by atoms with Gasteiger partial charge in [-0.05, 0) is 68.0 Å². The molecule has 0 aromatic heterocycles. The molecule has 27 heavy (non-hydrogen) atoms. The van der Waals surface area contributed by atoms with Gasteiger partial charge in [0.15, 0.2) is 0 Å². The molecule has 0 heterocycles. The molecule has 0 N–H and O–H groups in total. The van der Waals surface area contributed by atoms with Crippen molar-refractivity contribution in [2.45, 2.75) is 13.0 Å². The lowest BCUT2D eigenvalue weighted by Gasteiger charge is -2.13. The van der Waals surface area contributed by atoms with Crippen molar-refractivity contribution in [3.8, 4) is 17.6 Å². The Bertz CT molecular complexity index is 888. The summed E-state index contributed by atoms with van der Waals surface area (Å²) in [5.74, 6) is 0.995. The van der Waals surface area contributed by atoms with Gasteiger partial charge in [0.25, 0.3) is 0 Å². The summed E-state index contributed by atoms with van der Waals surface area (Å²) in [6, 6.07) is 18.5. The number of carbonyl (C=O) groups excluding carboxylic acids is 1. The van der Waals surface area contributed by atoms with E-state index in [4.69, 9.17) is 9.47 Å². The van der Waals surface area contributed by atoms with Gasteiger partial charge in [-0.1, -0.05) is 43.3 Å². The largest absolute Gasteiger partial charge is 0.457 e. The number of halogens is 2. The quantitative estimate of drug-likeness (QED) is 0.459. The maximum Gasteiger partial charge on any atom is 0.311 e. The monoisotopic (exact) mass is 489 g/mol. The van der Waals surface area contributed by atoms with Crippen molar-refractivity contribution in [1.29, 1.82) is 5.26 Å². The van der Waals surface area contributed by atoms with Crippen LogP contribution in [-0.2, 0) is 9.53 Å². The van der Waals surface area contributed by atoms with E-state index in [1.165, 1.54) is 0 Å². The third kappa shape index (κ3) is 5.00. The first-order valence-corrected chi connectivity index (χ1v) is 10.0. The second kappa shape index (κ2) is 8.73. The number of allylic oxidation sites excluding steroid dienone is 1. The Balaban J connectivity index is 1.69. The van der Waals surface area contributed by atoms with Crippen molar-refractivity contribution in [1.82, 2.24) is 0 Å². The standard InChI is InChI=1S/C21H17Br2NO3/c1-13-17(11-19(22)23)20(13)21(25)27-18(12-24)14-6-5-9-16(10-14)26-15-7-3-2-4-8-15/h2-11,13,17-18,20H,1H3. The number of nitriles is 1. The fraction of sp³-hybridized carbons (Fsp3) is 0.238. The molecule has 6 heteroatoms. The molecule has 1 saturated carbocycles. The molecular formula is C21H17Br2NO3. The molecule has 0 spiro atoms. The molecule has 4 nitrogen and oxygen atoms in total. The van der Waals surface area contributed by atoms with E-state index in [1.54, 1.807) is 24.3 Å². The van der Waals surface area contributed by atoms with E-state index in [0.717, 1.165) is 3.39 Å². The van der Waals surface area contributed by atoms with E-state index in [-0.39, 0.29) is 23.7 Å². The molecule has 0 radical (unpaired) electrons. The van der Waals surface area contributed by atoms with Gasteiger partial charge in [-0.3, -0.25) is 4.79 Å². The first-order valence-electron chi connectivity index (χ1n) is 8.45. The number of hydrogen-bond donors (Lipinski definition) is 0. The minimum atomic E-state index is -0.971. The highest BCUT2D eigenvalue weighted by atomic mass is 79.9. The fourth-order valence-corrected chi connectivity index (χ4v) is 3.61.